The molecule has 4 aliphatic carbocycles. The molecule has 0 amide bonds. The minimum atomic E-state index is -0.108. The van der Waals surface area contributed by atoms with Gasteiger partial charge >= 0.3 is 0 Å². The summed E-state index contributed by atoms with van der Waals surface area (Å²) in [5.41, 5.74) is 2.05. The van der Waals surface area contributed by atoms with Crippen molar-refractivity contribution in [2.75, 3.05) is 0 Å². The minimum absolute atomic E-state index is 0.0742. The van der Waals surface area contributed by atoms with Crippen molar-refractivity contribution in [2.24, 2.45) is 28.6 Å². The summed E-state index contributed by atoms with van der Waals surface area (Å²) >= 11 is 0. The van der Waals surface area contributed by atoms with Gasteiger partial charge in [0.2, 0.25) is 0 Å². The van der Waals surface area contributed by atoms with E-state index in [1.807, 2.05) is 13.8 Å². The molecule has 23 heavy (non-hydrogen) atoms. The van der Waals surface area contributed by atoms with Crippen molar-refractivity contribution in [3.8, 4) is 0 Å². The van der Waals surface area contributed by atoms with Gasteiger partial charge in [0.15, 0.2) is 0 Å². The Morgan fingerprint density at radius 1 is 0.957 bits per heavy atom. The number of aliphatic hydroxyl groups excluding tert-OH is 2. The topological polar surface area (TPSA) is 40.5 Å². The van der Waals surface area contributed by atoms with Crippen LogP contribution >= 0.6 is 0 Å². The van der Waals surface area contributed by atoms with Crippen molar-refractivity contribution in [2.45, 2.75) is 91.3 Å². The number of hydrogen-bond acceptors (Lipinski definition) is 2. The van der Waals surface area contributed by atoms with E-state index in [-0.39, 0.29) is 17.6 Å². The summed E-state index contributed by atoms with van der Waals surface area (Å²) < 4.78 is 0. The van der Waals surface area contributed by atoms with Crippen LogP contribution in [0.25, 0.3) is 0 Å². The molecule has 4 aliphatic rings. The standard InChI is InChI=1S/C19H30O2.C2H6/c1-18-9-7-13(20)11-12(18)3-4-14-15-5-6-17(21)19(15,2)10-8-16(14)18;1-2/h3,13-17,20-21H,4-11H2,1-2H3;1-2H3. The van der Waals surface area contributed by atoms with Gasteiger partial charge in [-0.3, -0.25) is 0 Å². The van der Waals surface area contributed by atoms with E-state index in [4.69, 9.17) is 0 Å². The van der Waals surface area contributed by atoms with Crippen molar-refractivity contribution in [3.63, 3.8) is 0 Å². The molecule has 132 valence electrons. The van der Waals surface area contributed by atoms with Crippen LogP contribution in [0.3, 0.4) is 0 Å². The van der Waals surface area contributed by atoms with E-state index < -0.39 is 0 Å². The van der Waals surface area contributed by atoms with Gasteiger partial charge in [0.25, 0.3) is 0 Å². The average molecular weight is 321 g/mol. The SMILES string of the molecule is CC.CC12CCC(O)CC1=CCC1C2CCC2(C)C(O)CCC12. The Hall–Kier alpha value is -0.340. The summed E-state index contributed by atoms with van der Waals surface area (Å²) in [6.07, 6.45) is 11.2. The Bertz CT molecular complexity index is 470. The quantitative estimate of drug-likeness (QED) is 0.635. The van der Waals surface area contributed by atoms with E-state index in [1.54, 1.807) is 5.57 Å². The lowest BCUT2D eigenvalue weighted by Gasteiger charge is -2.57. The zero-order valence-electron chi connectivity index (χ0n) is 15.5. The third kappa shape index (κ3) is 2.52. The zero-order chi connectivity index (χ0) is 16.8. The molecule has 4 rings (SSSR count). The second-order valence-electron chi connectivity index (χ2n) is 8.79. The molecule has 0 heterocycles. The first-order valence-corrected chi connectivity index (χ1v) is 10.0. The minimum Gasteiger partial charge on any atom is -0.393 e. The average Bonchev–Trinajstić information content (AvgIpc) is 2.86. The lowest BCUT2D eigenvalue weighted by molar-refractivity contribution is -0.0711. The zero-order valence-corrected chi connectivity index (χ0v) is 15.5. The number of hydrogen-bond donors (Lipinski definition) is 2. The van der Waals surface area contributed by atoms with E-state index >= 15 is 0 Å². The van der Waals surface area contributed by atoms with E-state index in [0.29, 0.717) is 11.3 Å². The highest BCUT2D eigenvalue weighted by Crippen LogP contribution is 2.64. The van der Waals surface area contributed by atoms with Crippen molar-refractivity contribution in [3.05, 3.63) is 11.6 Å². The number of aliphatic hydroxyl groups is 2. The summed E-state index contributed by atoms with van der Waals surface area (Å²) in [4.78, 5) is 0. The van der Waals surface area contributed by atoms with E-state index in [2.05, 4.69) is 19.9 Å². The van der Waals surface area contributed by atoms with Crippen LogP contribution in [-0.2, 0) is 0 Å². The fourth-order valence-electron chi connectivity index (χ4n) is 6.61. The highest BCUT2D eigenvalue weighted by atomic mass is 16.3. The first-order chi connectivity index (χ1) is 10.9. The van der Waals surface area contributed by atoms with Crippen molar-refractivity contribution in [1.82, 2.24) is 0 Å². The molecule has 0 aromatic rings. The summed E-state index contributed by atoms with van der Waals surface area (Å²) in [6.45, 7) is 8.81. The molecule has 0 saturated heterocycles. The molecule has 0 aliphatic heterocycles. The normalized spacial score (nSPS) is 51.6. The van der Waals surface area contributed by atoms with Gasteiger partial charge in [-0.05, 0) is 80.0 Å². The van der Waals surface area contributed by atoms with Crippen LogP contribution in [0.2, 0.25) is 0 Å². The van der Waals surface area contributed by atoms with Crippen LogP contribution in [0.15, 0.2) is 11.6 Å². The molecule has 7 atom stereocenters. The first-order valence-electron chi connectivity index (χ1n) is 10.0. The van der Waals surface area contributed by atoms with Gasteiger partial charge in [0, 0.05) is 0 Å². The van der Waals surface area contributed by atoms with Gasteiger partial charge in [-0.1, -0.05) is 39.3 Å². The molecule has 0 bridgehead atoms. The largest absolute Gasteiger partial charge is 0.393 e. The highest BCUT2D eigenvalue weighted by Gasteiger charge is 2.58. The van der Waals surface area contributed by atoms with Gasteiger partial charge in [-0.25, -0.2) is 0 Å². The van der Waals surface area contributed by atoms with Crippen LogP contribution < -0.4 is 0 Å². The Morgan fingerprint density at radius 2 is 1.70 bits per heavy atom. The lowest BCUT2D eigenvalue weighted by atomic mass is 9.48. The molecule has 0 aromatic carbocycles. The van der Waals surface area contributed by atoms with Crippen LogP contribution in [0, 0.1) is 28.6 Å². The first kappa shape index (κ1) is 17.5. The maximum atomic E-state index is 10.5. The Balaban J connectivity index is 0.000000753. The summed E-state index contributed by atoms with van der Waals surface area (Å²) in [5, 5.41) is 20.5. The van der Waals surface area contributed by atoms with E-state index in [9.17, 15) is 10.2 Å². The molecule has 2 nitrogen and oxygen atoms in total. The second kappa shape index (κ2) is 6.19. The predicted octanol–water partition coefficient (Wildman–Crippen LogP) is 4.70. The molecular weight excluding hydrogens is 284 g/mol. The fourth-order valence-corrected chi connectivity index (χ4v) is 6.61. The number of allylic oxidation sites excluding steroid dienone is 1. The summed E-state index contributed by atoms with van der Waals surface area (Å²) in [5.74, 6) is 2.27. The number of fused-ring (bicyclic) bond motifs is 5. The number of rotatable bonds is 0. The monoisotopic (exact) mass is 320 g/mol. The molecule has 0 spiro atoms. The predicted molar refractivity (Wildman–Crippen MR) is 95.1 cm³/mol. The smallest absolute Gasteiger partial charge is 0.0596 e. The maximum Gasteiger partial charge on any atom is 0.0596 e. The van der Waals surface area contributed by atoms with E-state index in [0.717, 1.165) is 37.5 Å². The highest BCUT2D eigenvalue weighted by molar-refractivity contribution is 5.25. The van der Waals surface area contributed by atoms with Gasteiger partial charge in [0.1, 0.15) is 0 Å². The molecule has 7 unspecified atom stereocenters. The molecule has 0 aromatic heterocycles. The molecule has 3 fully saturated rings. The van der Waals surface area contributed by atoms with Crippen LogP contribution in [0.4, 0.5) is 0 Å². The lowest BCUT2D eigenvalue weighted by Crippen LogP contribution is -2.51. The third-order valence-corrected chi connectivity index (χ3v) is 8.03. The van der Waals surface area contributed by atoms with E-state index in [1.165, 1.54) is 25.7 Å². The second-order valence-corrected chi connectivity index (χ2v) is 8.79. The Kier molecular flexibility index (Phi) is 4.70. The summed E-state index contributed by atoms with van der Waals surface area (Å²) in [6, 6.07) is 0. The summed E-state index contributed by atoms with van der Waals surface area (Å²) in [7, 11) is 0. The van der Waals surface area contributed by atoms with Gasteiger partial charge < -0.3 is 10.2 Å². The Morgan fingerprint density at radius 3 is 2.43 bits per heavy atom. The van der Waals surface area contributed by atoms with Gasteiger partial charge in [-0.2, -0.15) is 0 Å². The molecule has 3 saturated carbocycles. The Labute approximate surface area is 142 Å². The van der Waals surface area contributed by atoms with Gasteiger partial charge in [0.05, 0.1) is 12.2 Å². The maximum absolute atomic E-state index is 10.5. The van der Waals surface area contributed by atoms with Crippen LogP contribution in [0.5, 0.6) is 0 Å². The molecule has 2 heteroatoms. The van der Waals surface area contributed by atoms with Gasteiger partial charge in [-0.15, -0.1) is 0 Å². The van der Waals surface area contributed by atoms with Crippen molar-refractivity contribution in [1.29, 1.82) is 0 Å². The molecular formula is C21H36O2. The molecule has 0 radical (unpaired) electrons. The fraction of sp³-hybridized carbons (Fsp3) is 0.905. The van der Waals surface area contributed by atoms with Crippen molar-refractivity contribution < 1.29 is 10.2 Å². The van der Waals surface area contributed by atoms with Crippen LogP contribution in [-0.4, -0.2) is 22.4 Å². The molecule has 2 N–H and O–H groups in total. The third-order valence-electron chi connectivity index (χ3n) is 8.03. The van der Waals surface area contributed by atoms with Crippen LogP contribution in [0.1, 0.15) is 79.1 Å². The van der Waals surface area contributed by atoms with Crippen molar-refractivity contribution >= 4 is 0 Å².